The van der Waals surface area contributed by atoms with Gasteiger partial charge in [-0.2, -0.15) is 0 Å². The number of carbonyl (C=O) groups excluding carboxylic acids is 1. The first-order chi connectivity index (χ1) is 8.66. The van der Waals surface area contributed by atoms with E-state index in [0.717, 1.165) is 43.3 Å². The van der Waals surface area contributed by atoms with Gasteiger partial charge in [-0.3, -0.25) is 4.79 Å². The maximum Gasteiger partial charge on any atom is 0.253 e. The Balaban J connectivity index is 1.88. The van der Waals surface area contributed by atoms with Crippen molar-refractivity contribution >= 4 is 5.91 Å². The quantitative estimate of drug-likeness (QED) is 0.797. The highest BCUT2D eigenvalue weighted by molar-refractivity contribution is 5.94. The minimum Gasteiger partial charge on any atom is -0.339 e. The molecule has 0 spiro atoms. The molecule has 0 N–H and O–H groups in total. The van der Waals surface area contributed by atoms with Crippen LogP contribution in [-0.2, 0) is 0 Å². The standard InChI is InChI=1S/C16H23NO/c1-13(2)12-14-8-10-17(11-9-14)16(18)15-6-4-3-5-7-15/h3-7,13-14H,8-12H2,1-2H3. The average Bonchev–Trinajstić information content (AvgIpc) is 2.39. The Hall–Kier alpha value is -1.31. The fourth-order valence-electron chi connectivity index (χ4n) is 2.80. The molecule has 0 aromatic heterocycles. The molecule has 1 aliphatic rings. The van der Waals surface area contributed by atoms with Gasteiger partial charge in [0.15, 0.2) is 0 Å². The molecule has 18 heavy (non-hydrogen) atoms. The van der Waals surface area contributed by atoms with Crippen molar-refractivity contribution in [3.63, 3.8) is 0 Å². The molecule has 1 aromatic rings. The largest absolute Gasteiger partial charge is 0.339 e. The summed E-state index contributed by atoms with van der Waals surface area (Å²) < 4.78 is 0. The summed E-state index contributed by atoms with van der Waals surface area (Å²) in [4.78, 5) is 14.3. The number of rotatable bonds is 3. The van der Waals surface area contributed by atoms with Gasteiger partial charge in [0.1, 0.15) is 0 Å². The molecule has 0 radical (unpaired) electrons. The van der Waals surface area contributed by atoms with E-state index in [9.17, 15) is 4.79 Å². The number of piperidine rings is 1. The van der Waals surface area contributed by atoms with E-state index < -0.39 is 0 Å². The molecular weight excluding hydrogens is 222 g/mol. The van der Waals surface area contributed by atoms with Crippen LogP contribution in [0, 0.1) is 11.8 Å². The van der Waals surface area contributed by atoms with Gasteiger partial charge in [0.05, 0.1) is 0 Å². The summed E-state index contributed by atoms with van der Waals surface area (Å²) in [7, 11) is 0. The van der Waals surface area contributed by atoms with Crippen molar-refractivity contribution in [2.24, 2.45) is 11.8 Å². The molecule has 0 bridgehead atoms. The number of hydrogen-bond acceptors (Lipinski definition) is 1. The van der Waals surface area contributed by atoms with Gasteiger partial charge in [-0.1, -0.05) is 32.0 Å². The second kappa shape index (κ2) is 6.03. The fourth-order valence-corrected chi connectivity index (χ4v) is 2.80. The van der Waals surface area contributed by atoms with Crippen LogP contribution < -0.4 is 0 Å². The third-order valence-corrected chi connectivity index (χ3v) is 3.73. The zero-order chi connectivity index (χ0) is 13.0. The lowest BCUT2D eigenvalue weighted by Crippen LogP contribution is -2.38. The van der Waals surface area contributed by atoms with E-state index in [1.807, 2.05) is 35.2 Å². The molecule has 1 aliphatic heterocycles. The van der Waals surface area contributed by atoms with Gasteiger partial charge < -0.3 is 4.90 Å². The van der Waals surface area contributed by atoms with E-state index >= 15 is 0 Å². The summed E-state index contributed by atoms with van der Waals surface area (Å²) in [6, 6.07) is 9.62. The molecule has 2 nitrogen and oxygen atoms in total. The zero-order valence-corrected chi connectivity index (χ0v) is 11.4. The Morgan fingerprint density at radius 3 is 2.39 bits per heavy atom. The molecule has 1 saturated heterocycles. The zero-order valence-electron chi connectivity index (χ0n) is 11.4. The lowest BCUT2D eigenvalue weighted by Gasteiger charge is -2.32. The fraction of sp³-hybridized carbons (Fsp3) is 0.562. The average molecular weight is 245 g/mol. The van der Waals surface area contributed by atoms with Gasteiger partial charge in [-0.15, -0.1) is 0 Å². The number of carbonyl (C=O) groups is 1. The highest BCUT2D eigenvalue weighted by atomic mass is 16.2. The predicted octanol–water partition coefficient (Wildman–Crippen LogP) is 3.58. The first-order valence-electron chi connectivity index (χ1n) is 7.01. The van der Waals surface area contributed by atoms with Crippen molar-refractivity contribution in [3.05, 3.63) is 35.9 Å². The van der Waals surface area contributed by atoms with Crippen LogP contribution in [-0.4, -0.2) is 23.9 Å². The molecule has 1 fully saturated rings. The van der Waals surface area contributed by atoms with Crippen molar-refractivity contribution in [1.29, 1.82) is 0 Å². The third-order valence-electron chi connectivity index (χ3n) is 3.73. The maximum atomic E-state index is 12.3. The number of benzene rings is 1. The van der Waals surface area contributed by atoms with Crippen LogP contribution in [0.15, 0.2) is 30.3 Å². The summed E-state index contributed by atoms with van der Waals surface area (Å²) in [5.41, 5.74) is 0.819. The van der Waals surface area contributed by atoms with E-state index in [0.29, 0.717) is 0 Å². The molecule has 98 valence electrons. The van der Waals surface area contributed by atoms with E-state index in [1.54, 1.807) is 0 Å². The Labute approximate surface area is 110 Å². The van der Waals surface area contributed by atoms with Gasteiger partial charge in [0.25, 0.3) is 5.91 Å². The van der Waals surface area contributed by atoms with Gasteiger partial charge >= 0.3 is 0 Å². The van der Waals surface area contributed by atoms with Crippen LogP contribution in [0.25, 0.3) is 0 Å². The molecule has 2 heteroatoms. The minimum absolute atomic E-state index is 0.193. The van der Waals surface area contributed by atoms with Crippen molar-refractivity contribution in [1.82, 2.24) is 4.90 Å². The first kappa shape index (κ1) is 13.1. The lowest BCUT2D eigenvalue weighted by atomic mass is 9.88. The molecule has 0 saturated carbocycles. The summed E-state index contributed by atoms with van der Waals surface area (Å²) in [5.74, 6) is 1.77. The number of nitrogens with zero attached hydrogens (tertiary/aromatic N) is 1. The van der Waals surface area contributed by atoms with Crippen LogP contribution in [0.2, 0.25) is 0 Å². The Morgan fingerprint density at radius 2 is 1.83 bits per heavy atom. The van der Waals surface area contributed by atoms with Crippen LogP contribution in [0.4, 0.5) is 0 Å². The predicted molar refractivity (Wildman–Crippen MR) is 74.5 cm³/mol. The van der Waals surface area contributed by atoms with Crippen molar-refractivity contribution in [2.45, 2.75) is 33.1 Å². The van der Waals surface area contributed by atoms with E-state index in [4.69, 9.17) is 0 Å². The molecule has 1 aromatic carbocycles. The SMILES string of the molecule is CC(C)CC1CCN(C(=O)c2ccccc2)CC1. The smallest absolute Gasteiger partial charge is 0.253 e. The van der Waals surface area contributed by atoms with Gasteiger partial charge in [-0.05, 0) is 43.2 Å². The van der Waals surface area contributed by atoms with Crippen LogP contribution in [0.1, 0.15) is 43.5 Å². The highest BCUT2D eigenvalue weighted by Gasteiger charge is 2.23. The van der Waals surface area contributed by atoms with E-state index in [1.165, 1.54) is 6.42 Å². The van der Waals surface area contributed by atoms with Gasteiger partial charge in [0, 0.05) is 18.7 Å². The Bertz CT molecular complexity index is 377. The summed E-state index contributed by atoms with van der Waals surface area (Å²) >= 11 is 0. The van der Waals surface area contributed by atoms with Gasteiger partial charge in [-0.25, -0.2) is 0 Å². The maximum absolute atomic E-state index is 12.3. The lowest BCUT2D eigenvalue weighted by molar-refractivity contribution is 0.0681. The van der Waals surface area contributed by atoms with Crippen LogP contribution >= 0.6 is 0 Å². The Morgan fingerprint density at radius 1 is 1.22 bits per heavy atom. The normalized spacial score (nSPS) is 17.2. The van der Waals surface area contributed by atoms with Crippen LogP contribution in [0.5, 0.6) is 0 Å². The number of amides is 1. The molecular formula is C16H23NO. The molecule has 1 heterocycles. The van der Waals surface area contributed by atoms with E-state index in [2.05, 4.69) is 13.8 Å². The third kappa shape index (κ3) is 3.34. The number of likely N-dealkylation sites (tertiary alicyclic amines) is 1. The molecule has 2 rings (SSSR count). The molecule has 0 aliphatic carbocycles. The minimum atomic E-state index is 0.193. The summed E-state index contributed by atoms with van der Waals surface area (Å²) in [6.07, 6.45) is 3.63. The van der Waals surface area contributed by atoms with Crippen LogP contribution in [0.3, 0.4) is 0 Å². The molecule has 0 unspecified atom stereocenters. The summed E-state index contributed by atoms with van der Waals surface area (Å²) in [5, 5.41) is 0. The van der Waals surface area contributed by atoms with Crippen molar-refractivity contribution in [3.8, 4) is 0 Å². The van der Waals surface area contributed by atoms with E-state index in [-0.39, 0.29) is 5.91 Å². The van der Waals surface area contributed by atoms with Crippen molar-refractivity contribution in [2.75, 3.05) is 13.1 Å². The summed E-state index contributed by atoms with van der Waals surface area (Å²) in [6.45, 7) is 6.40. The second-order valence-electron chi connectivity index (χ2n) is 5.73. The molecule has 0 atom stereocenters. The molecule has 1 amide bonds. The van der Waals surface area contributed by atoms with Gasteiger partial charge in [0.2, 0.25) is 0 Å². The monoisotopic (exact) mass is 245 g/mol. The Kier molecular flexibility index (Phi) is 4.40. The first-order valence-corrected chi connectivity index (χ1v) is 7.01. The number of hydrogen-bond donors (Lipinski definition) is 0. The second-order valence-corrected chi connectivity index (χ2v) is 5.73. The topological polar surface area (TPSA) is 20.3 Å². The highest BCUT2D eigenvalue weighted by Crippen LogP contribution is 2.24. The van der Waals surface area contributed by atoms with Crippen molar-refractivity contribution < 1.29 is 4.79 Å².